The van der Waals surface area contributed by atoms with Crippen LogP contribution in [-0.2, 0) is 11.2 Å². The maximum Gasteiger partial charge on any atom is 0.298 e. The zero-order chi connectivity index (χ0) is 18.5. The van der Waals surface area contributed by atoms with Gasteiger partial charge in [-0.25, -0.2) is 13.7 Å². The molecule has 6 nitrogen and oxygen atoms in total. The van der Waals surface area contributed by atoms with Crippen LogP contribution in [0.1, 0.15) is 12.1 Å². The lowest BCUT2D eigenvalue weighted by Gasteiger charge is -2.33. The van der Waals surface area contributed by atoms with Gasteiger partial charge in [0.2, 0.25) is 0 Å². The standard InChI is InChI=1S/C18H21FN4O2S/c1-26-22-10-8-21(9-11-22)17-18(25)23(13-15(20-17)3-2-12-24)16-6-4-14(19)5-7-16/h4-7,12-13H,2-3,8-11H2,1H3. The highest BCUT2D eigenvalue weighted by Crippen LogP contribution is 2.16. The minimum absolute atomic E-state index is 0.232. The van der Waals surface area contributed by atoms with Gasteiger partial charge in [-0.3, -0.25) is 9.36 Å². The third-order valence-electron chi connectivity index (χ3n) is 4.36. The molecule has 0 spiro atoms. The van der Waals surface area contributed by atoms with Crippen molar-refractivity contribution in [1.82, 2.24) is 13.9 Å². The minimum Gasteiger partial charge on any atom is -0.349 e. The van der Waals surface area contributed by atoms with Crippen LogP contribution in [0.2, 0.25) is 0 Å². The number of halogens is 1. The Morgan fingerprint density at radius 1 is 1.19 bits per heavy atom. The van der Waals surface area contributed by atoms with Gasteiger partial charge < -0.3 is 9.69 Å². The van der Waals surface area contributed by atoms with Gasteiger partial charge in [0, 0.05) is 44.5 Å². The highest BCUT2D eigenvalue weighted by atomic mass is 32.2. The van der Waals surface area contributed by atoms with E-state index in [1.807, 2.05) is 11.2 Å². The van der Waals surface area contributed by atoms with Crippen molar-refractivity contribution < 1.29 is 9.18 Å². The van der Waals surface area contributed by atoms with Gasteiger partial charge in [0.25, 0.3) is 5.56 Å². The summed E-state index contributed by atoms with van der Waals surface area (Å²) in [5, 5.41) is 0. The molecule has 8 heteroatoms. The van der Waals surface area contributed by atoms with Crippen LogP contribution < -0.4 is 10.5 Å². The summed E-state index contributed by atoms with van der Waals surface area (Å²) in [6, 6.07) is 5.78. The van der Waals surface area contributed by atoms with Crippen molar-refractivity contribution in [2.45, 2.75) is 12.8 Å². The van der Waals surface area contributed by atoms with Gasteiger partial charge in [0.15, 0.2) is 5.82 Å². The molecule has 1 aliphatic rings. The summed E-state index contributed by atoms with van der Waals surface area (Å²) < 4.78 is 17.0. The monoisotopic (exact) mass is 376 g/mol. The summed E-state index contributed by atoms with van der Waals surface area (Å²) in [6.07, 6.45) is 5.32. The third kappa shape index (κ3) is 4.13. The lowest BCUT2D eigenvalue weighted by atomic mass is 10.2. The molecule has 1 fully saturated rings. The molecular weight excluding hydrogens is 355 g/mol. The van der Waals surface area contributed by atoms with Crippen molar-refractivity contribution in [2.75, 3.05) is 37.3 Å². The van der Waals surface area contributed by atoms with E-state index in [-0.39, 0.29) is 11.4 Å². The van der Waals surface area contributed by atoms with E-state index in [4.69, 9.17) is 0 Å². The molecule has 1 saturated heterocycles. The van der Waals surface area contributed by atoms with Crippen molar-refractivity contribution >= 4 is 24.1 Å². The largest absolute Gasteiger partial charge is 0.349 e. The summed E-state index contributed by atoms with van der Waals surface area (Å²) in [7, 11) is 0. The Bertz CT molecular complexity index is 817. The van der Waals surface area contributed by atoms with E-state index < -0.39 is 0 Å². The highest BCUT2D eigenvalue weighted by Gasteiger charge is 2.21. The number of carbonyl (C=O) groups is 1. The number of hydrogen-bond acceptors (Lipinski definition) is 6. The van der Waals surface area contributed by atoms with Gasteiger partial charge in [-0.05, 0) is 36.9 Å². The highest BCUT2D eigenvalue weighted by molar-refractivity contribution is 7.96. The average molecular weight is 376 g/mol. The minimum atomic E-state index is -0.356. The third-order valence-corrected chi connectivity index (χ3v) is 5.24. The van der Waals surface area contributed by atoms with Crippen LogP contribution in [0, 0.1) is 5.82 Å². The molecule has 1 aromatic heterocycles. The Labute approximate surface area is 155 Å². The van der Waals surface area contributed by atoms with Crippen LogP contribution in [0.4, 0.5) is 10.2 Å². The van der Waals surface area contributed by atoms with Crippen LogP contribution >= 0.6 is 11.9 Å². The second kappa shape index (κ2) is 8.46. The summed E-state index contributed by atoms with van der Waals surface area (Å²) in [5.74, 6) is 0.0314. The van der Waals surface area contributed by atoms with Gasteiger partial charge in [-0.15, -0.1) is 0 Å². The Morgan fingerprint density at radius 2 is 1.88 bits per heavy atom. The number of rotatable bonds is 6. The summed E-state index contributed by atoms with van der Waals surface area (Å²) in [6.45, 7) is 3.11. The molecule has 26 heavy (non-hydrogen) atoms. The zero-order valence-corrected chi connectivity index (χ0v) is 15.4. The summed E-state index contributed by atoms with van der Waals surface area (Å²) >= 11 is 1.69. The van der Waals surface area contributed by atoms with Crippen molar-refractivity contribution in [3.05, 3.63) is 52.3 Å². The van der Waals surface area contributed by atoms with Crippen LogP contribution in [0.3, 0.4) is 0 Å². The van der Waals surface area contributed by atoms with E-state index in [9.17, 15) is 14.0 Å². The molecule has 3 rings (SSSR count). The molecule has 0 radical (unpaired) electrons. The van der Waals surface area contributed by atoms with E-state index in [0.29, 0.717) is 43.1 Å². The number of piperazine rings is 1. The molecule has 0 unspecified atom stereocenters. The number of hydrogen-bond donors (Lipinski definition) is 0. The molecular formula is C18H21FN4O2S. The van der Waals surface area contributed by atoms with Crippen LogP contribution in [0.5, 0.6) is 0 Å². The lowest BCUT2D eigenvalue weighted by molar-refractivity contribution is -0.107. The van der Waals surface area contributed by atoms with Crippen molar-refractivity contribution in [3.63, 3.8) is 0 Å². The number of benzene rings is 1. The molecule has 0 bridgehead atoms. The SMILES string of the molecule is CSN1CCN(c2nc(CCC=O)cn(-c3ccc(F)cc3)c2=O)CC1. The molecule has 2 aromatic rings. The van der Waals surface area contributed by atoms with Crippen molar-refractivity contribution in [2.24, 2.45) is 0 Å². The maximum absolute atomic E-state index is 13.2. The number of aromatic nitrogens is 2. The molecule has 0 N–H and O–H groups in total. The first-order valence-corrected chi connectivity index (χ1v) is 9.66. The Kier molecular flexibility index (Phi) is 6.05. The Morgan fingerprint density at radius 3 is 2.50 bits per heavy atom. The molecule has 0 saturated carbocycles. The number of nitrogens with zero attached hydrogens (tertiary/aromatic N) is 4. The topological polar surface area (TPSA) is 58.4 Å². The molecule has 0 atom stereocenters. The van der Waals surface area contributed by atoms with Gasteiger partial charge in [-0.2, -0.15) is 0 Å². The van der Waals surface area contributed by atoms with Gasteiger partial charge >= 0.3 is 0 Å². The van der Waals surface area contributed by atoms with E-state index in [1.54, 1.807) is 30.3 Å². The van der Waals surface area contributed by atoms with E-state index in [2.05, 4.69) is 9.29 Å². The number of carbonyl (C=O) groups excluding carboxylic acids is 1. The van der Waals surface area contributed by atoms with Gasteiger partial charge in [0.1, 0.15) is 12.1 Å². The molecule has 138 valence electrons. The van der Waals surface area contributed by atoms with Gasteiger partial charge in [0.05, 0.1) is 5.69 Å². The van der Waals surface area contributed by atoms with Crippen LogP contribution in [-0.4, -0.2) is 52.6 Å². The van der Waals surface area contributed by atoms with E-state index in [0.717, 1.165) is 19.4 Å². The fourth-order valence-electron chi connectivity index (χ4n) is 2.94. The van der Waals surface area contributed by atoms with Crippen LogP contribution in [0.15, 0.2) is 35.3 Å². The lowest BCUT2D eigenvalue weighted by Crippen LogP contribution is -2.46. The second-order valence-corrected chi connectivity index (χ2v) is 6.89. The number of aldehydes is 1. The van der Waals surface area contributed by atoms with E-state index >= 15 is 0 Å². The summed E-state index contributed by atoms with van der Waals surface area (Å²) in [5.41, 5.74) is 1.02. The smallest absolute Gasteiger partial charge is 0.298 e. The van der Waals surface area contributed by atoms with Gasteiger partial charge in [-0.1, -0.05) is 11.9 Å². The average Bonchev–Trinajstić information content (AvgIpc) is 2.68. The van der Waals surface area contributed by atoms with Crippen LogP contribution in [0.25, 0.3) is 5.69 Å². The maximum atomic E-state index is 13.2. The fraction of sp³-hybridized carbons (Fsp3) is 0.389. The molecule has 0 aliphatic carbocycles. The number of aryl methyl sites for hydroxylation is 1. The predicted octanol–water partition coefficient (Wildman–Crippen LogP) is 1.90. The molecule has 2 heterocycles. The summed E-state index contributed by atoms with van der Waals surface area (Å²) in [4.78, 5) is 30.3. The van der Waals surface area contributed by atoms with Crippen molar-refractivity contribution in [1.29, 1.82) is 0 Å². The molecule has 0 amide bonds. The quantitative estimate of drug-likeness (QED) is 0.567. The van der Waals surface area contributed by atoms with Crippen molar-refractivity contribution in [3.8, 4) is 5.69 Å². The predicted molar refractivity (Wildman–Crippen MR) is 101 cm³/mol. The second-order valence-electron chi connectivity index (χ2n) is 6.01. The number of anilines is 1. The molecule has 1 aromatic carbocycles. The van der Waals surface area contributed by atoms with E-state index in [1.165, 1.54) is 16.7 Å². The first-order valence-electron chi connectivity index (χ1n) is 8.48. The molecule has 1 aliphatic heterocycles. The normalized spacial score (nSPS) is 15.2. The first kappa shape index (κ1) is 18.6. The Balaban J connectivity index is 2.00. The fourth-order valence-corrected chi connectivity index (χ4v) is 3.47. The zero-order valence-electron chi connectivity index (χ0n) is 14.6. The first-order chi connectivity index (χ1) is 12.6. The Hall–Kier alpha value is -2.19.